The van der Waals surface area contributed by atoms with Crippen molar-refractivity contribution in [3.05, 3.63) is 77.9 Å². The first-order valence-electron chi connectivity index (χ1n) is 8.80. The van der Waals surface area contributed by atoms with Gasteiger partial charge in [-0.25, -0.2) is 4.79 Å². The number of carbonyl (C=O) groups is 2. The maximum atomic E-state index is 12.1. The Hall–Kier alpha value is -4.11. The van der Waals surface area contributed by atoms with E-state index in [9.17, 15) is 14.9 Å². The van der Waals surface area contributed by atoms with E-state index in [1.54, 1.807) is 36.4 Å². The van der Waals surface area contributed by atoms with Crippen LogP contribution in [0.2, 0.25) is 0 Å². The Bertz CT molecular complexity index is 1130. The van der Waals surface area contributed by atoms with Crippen LogP contribution >= 0.6 is 0 Å². The smallest absolute Gasteiger partial charge is 0.349 e. The number of fused-ring (bicyclic) bond motifs is 1. The van der Waals surface area contributed by atoms with Gasteiger partial charge in [-0.3, -0.25) is 4.79 Å². The van der Waals surface area contributed by atoms with Gasteiger partial charge in [0.2, 0.25) is 0 Å². The first kappa shape index (κ1) is 19.6. The molecule has 0 aliphatic heterocycles. The minimum atomic E-state index is -0.871. The lowest BCUT2D eigenvalue weighted by Crippen LogP contribution is -2.21. The maximum absolute atomic E-state index is 12.1. The molecule has 0 bridgehead atoms. The molecule has 0 atom stereocenters. The third-order valence-corrected chi connectivity index (χ3v) is 4.11. The number of rotatable bonds is 6. The minimum Gasteiger partial charge on any atom is -0.497 e. The predicted molar refractivity (Wildman–Crippen MR) is 110 cm³/mol. The van der Waals surface area contributed by atoms with Crippen molar-refractivity contribution < 1.29 is 19.1 Å². The lowest BCUT2D eigenvalue weighted by Gasteiger charge is -2.07. The van der Waals surface area contributed by atoms with E-state index in [0.717, 1.165) is 10.8 Å². The number of hydrogen-bond acceptors (Lipinski definition) is 5. The highest BCUT2D eigenvalue weighted by Gasteiger charge is 2.13. The molecule has 0 aliphatic rings. The number of nitrogens with one attached hydrogen (secondary N) is 1. The first-order chi connectivity index (χ1) is 14.1. The summed E-state index contributed by atoms with van der Waals surface area (Å²) in [5, 5.41) is 13.9. The molecule has 6 heteroatoms. The number of anilines is 1. The molecule has 0 aromatic heterocycles. The molecule has 0 heterocycles. The van der Waals surface area contributed by atoms with Gasteiger partial charge in [0.25, 0.3) is 5.91 Å². The topological polar surface area (TPSA) is 88.4 Å². The van der Waals surface area contributed by atoms with Gasteiger partial charge >= 0.3 is 5.97 Å². The summed E-state index contributed by atoms with van der Waals surface area (Å²) in [7, 11) is 1.52. The summed E-state index contributed by atoms with van der Waals surface area (Å²) in [5.41, 5.74) is 0.993. The largest absolute Gasteiger partial charge is 0.497 e. The Morgan fingerprint density at radius 2 is 1.83 bits per heavy atom. The Balaban J connectivity index is 1.61. The summed E-state index contributed by atoms with van der Waals surface area (Å²) in [6.45, 7) is -0.497. The van der Waals surface area contributed by atoms with E-state index >= 15 is 0 Å². The van der Waals surface area contributed by atoms with Crippen LogP contribution in [0.3, 0.4) is 0 Å². The third kappa shape index (κ3) is 5.21. The fourth-order valence-corrected chi connectivity index (χ4v) is 2.71. The van der Waals surface area contributed by atoms with Gasteiger partial charge in [0.15, 0.2) is 6.61 Å². The molecule has 0 aliphatic carbocycles. The number of amides is 1. The Labute approximate surface area is 168 Å². The number of benzene rings is 3. The molecule has 0 spiro atoms. The summed E-state index contributed by atoms with van der Waals surface area (Å²) >= 11 is 0. The maximum Gasteiger partial charge on any atom is 0.349 e. The molecule has 0 fully saturated rings. The van der Waals surface area contributed by atoms with Gasteiger partial charge in [-0.15, -0.1) is 0 Å². The molecule has 144 valence electrons. The van der Waals surface area contributed by atoms with Crippen molar-refractivity contribution in [2.24, 2.45) is 0 Å². The fraction of sp³-hybridized carbons (Fsp3) is 0.0870. The van der Waals surface area contributed by atoms with Crippen LogP contribution in [0.25, 0.3) is 16.8 Å². The number of carbonyl (C=O) groups excluding carboxylic acids is 2. The number of nitriles is 1. The van der Waals surface area contributed by atoms with Gasteiger partial charge in [0, 0.05) is 5.69 Å². The summed E-state index contributed by atoms with van der Waals surface area (Å²) < 4.78 is 10.1. The SMILES string of the molecule is COc1cccc(/C=C(\C#N)C(=O)OCC(=O)Nc2ccc3ccccc3c2)c1. The number of nitrogens with zero attached hydrogens (tertiary/aromatic N) is 1. The fourth-order valence-electron chi connectivity index (χ4n) is 2.71. The highest BCUT2D eigenvalue weighted by molar-refractivity contribution is 6.00. The Kier molecular flexibility index (Phi) is 6.23. The monoisotopic (exact) mass is 386 g/mol. The normalized spacial score (nSPS) is 10.8. The molecule has 1 N–H and O–H groups in total. The van der Waals surface area contributed by atoms with Crippen LogP contribution in [0.4, 0.5) is 5.69 Å². The second-order valence-corrected chi connectivity index (χ2v) is 6.13. The second kappa shape index (κ2) is 9.20. The van der Waals surface area contributed by atoms with Crippen LogP contribution < -0.4 is 10.1 Å². The van der Waals surface area contributed by atoms with Gasteiger partial charge in [0.1, 0.15) is 17.4 Å². The molecule has 0 saturated heterocycles. The van der Waals surface area contributed by atoms with E-state index in [1.165, 1.54) is 13.2 Å². The van der Waals surface area contributed by atoms with E-state index in [0.29, 0.717) is 17.0 Å². The van der Waals surface area contributed by atoms with Crippen LogP contribution in [0.1, 0.15) is 5.56 Å². The molecule has 29 heavy (non-hydrogen) atoms. The quantitative estimate of drug-likeness (QED) is 0.394. The van der Waals surface area contributed by atoms with E-state index < -0.39 is 18.5 Å². The number of esters is 1. The summed E-state index contributed by atoms with van der Waals surface area (Å²) in [5.74, 6) is -0.768. The highest BCUT2D eigenvalue weighted by Crippen LogP contribution is 2.19. The van der Waals surface area contributed by atoms with Crippen molar-refractivity contribution >= 4 is 34.4 Å². The zero-order valence-corrected chi connectivity index (χ0v) is 15.7. The Morgan fingerprint density at radius 1 is 1.03 bits per heavy atom. The van der Waals surface area contributed by atoms with Gasteiger partial charge in [-0.1, -0.05) is 42.5 Å². The van der Waals surface area contributed by atoms with Crippen LogP contribution in [0.5, 0.6) is 5.75 Å². The summed E-state index contributed by atoms with van der Waals surface area (Å²) in [6, 6.07) is 21.9. The van der Waals surface area contributed by atoms with Crippen molar-refractivity contribution in [2.45, 2.75) is 0 Å². The van der Waals surface area contributed by atoms with E-state index in [-0.39, 0.29) is 5.57 Å². The molecule has 0 radical (unpaired) electrons. The Morgan fingerprint density at radius 3 is 2.59 bits per heavy atom. The molecule has 1 amide bonds. The lowest BCUT2D eigenvalue weighted by molar-refractivity contribution is -0.142. The predicted octanol–water partition coefficient (Wildman–Crippen LogP) is 3.94. The van der Waals surface area contributed by atoms with Gasteiger partial charge in [-0.2, -0.15) is 5.26 Å². The van der Waals surface area contributed by atoms with Crippen LogP contribution in [-0.2, 0) is 14.3 Å². The lowest BCUT2D eigenvalue weighted by atomic mass is 10.1. The average molecular weight is 386 g/mol. The molecule has 3 aromatic rings. The van der Waals surface area contributed by atoms with Crippen LogP contribution in [0, 0.1) is 11.3 Å². The second-order valence-electron chi connectivity index (χ2n) is 6.13. The van der Waals surface area contributed by atoms with E-state index in [1.807, 2.05) is 36.4 Å². The number of ether oxygens (including phenoxy) is 2. The molecular formula is C23H18N2O4. The molecule has 6 nitrogen and oxygen atoms in total. The van der Waals surface area contributed by atoms with Gasteiger partial charge in [-0.05, 0) is 46.7 Å². The molecule has 3 aromatic carbocycles. The molecule has 3 rings (SSSR count). The zero-order chi connectivity index (χ0) is 20.6. The standard InChI is InChI=1S/C23H18N2O4/c1-28-21-8-4-5-16(12-21)11-19(14-24)23(27)29-15-22(26)25-20-10-9-17-6-2-3-7-18(17)13-20/h2-13H,15H2,1H3,(H,25,26)/b19-11+. The molecule has 0 saturated carbocycles. The third-order valence-electron chi connectivity index (χ3n) is 4.11. The van der Waals surface area contributed by atoms with Crippen molar-refractivity contribution in [2.75, 3.05) is 19.0 Å². The summed E-state index contributed by atoms with van der Waals surface area (Å²) in [4.78, 5) is 24.2. The molecular weight excluding hydrogens is 368 g/mol. The number of hydrogen-bond donors (Lipinski definition) is 1. The van der Waals surface area contributed by atoms with Crippen LogP contribution in [0.15, 0.2) is 72.3 Å². The minimum absolute atomic E-state index is 0.211. The summed E-state index contributed by atoms with van der Waals surface area (Å²) in [6.07, 6.45) is 1.38. The number of methoxy groups -OCH3 is 1. The van der Waals surface area contributed by atoms with Gasteiger partial charge < -0.3 is 14.8 Å². The average Bonchev–Trinajstić information content (AvgIpc) is 2.76. The van der Waals surface area contributed by atoms with Crippen molar-refractivity contribution in [1.82, 2.24) is 0 Å². The van der Waals surface area contributed by atoms with Gasteiger partial charge in [0.05, 0.1) is 7.11 Å². The van der Waals surface area contributed by atoms with Crippen molar-refractivity contribution in [3.8, 4) is 11.8 Å². The zero-order valence-electron chi connectivity index (χ0n) is 15.7. The van der Waals surface area contributed by atoms with Crippen LogP contribution in [-0.4, -0.2) is 25.6 Å². The van der Waals surface area contributed by atoms with Crippen molar-refractivity contribution in [1.29, 1.82) is 5.26 Å². The highest BCUT2D eigenvalue weighted by atomic mass is 16.5. The van der Waals surface area contributed by atoms with E-state index in [4.69, 9.17) is 9.47 Å². The van der Waals surface area contributed by atoms with E-state index in [2.05, 4.69) is 5.32 Å². The first-order valence-corrected chi connectivity index (χ1v) is 8.80. The van der Waals surface area contributed by atoms with Crippen molar-refractivity contribution in [3.63, 3.8) is 0 Å². The molecule has 0 unspecified atom stereocenters.